The first-order valence-corrected chi connectivity index (χ1v) is 13.4. The number of pyridine rings is 3. The first-order valence-electron chi connectivity index (χ1n) is 12.2. The van der Waals surface area contributed by atoms with Crippen molar-refractivity contribution >= 4 is 34.4 Å². The summed E-state index contributed by atoms with van der Waals surface area (Å²) in [5, 5.41) is 13.4. The number of hydrogen-bond donors (Lipinski definition) is 2. The van der Waals surface area contributed by atoms with Crippen molar-refractivity contribution in [2.75, 3.05) is 24.2 Å². The number of nitrogens with one attached hydrogen (secondary N) is 1. The van der Waals surface area contributed by atoms with E-state index in [4.69, 9.17) is 9.97 Å². The second-order valence-corrected chi connectivity index (χ2v) is 10.8. The lowest BCUT2D eigenvalue weighted by atomic mass is 9.62. The molecule has 2 N–H and O–H groups in total. The van der Waals surface area contributed by atoms with E-state index in [-0.39, 0.29) is 29.5 Å². The lowest BCUT2D eigenvalue weighted by Crippen LogP contribution is -2.64. The van der Waals surface area contributed by atoms with Crippen molar-refractivity contribution in [1.29, 1.82) is 0 Å². The number of carbonyl (C=O) groups excluding carboxylic acids is 1. The second kappa shape index (κ2) is 9.39. The molecule has 7 nitrogen and oxygen atoms in total. The zero-order valence-electron chi connectivity index (χ0n) is 20.3. The number of aliphatic hydroxyl groups is 1. The summed E-state index contributed by atoms with van der Waals surface area (Å²) in [7, 11) is 0. The lowest BCUT2D eigenvalue weighted by Gasteiger charge is -2.58. The van der Waals surface area contributed by atoms with Gasteiger partial charge in [0, 0.05) is 40.5 Å². The normalized spacial score (nSPS) is 16.5. The van der Waals surface area contributed by atoms with Crippen molar-refractivity contribution in [2.24, 2.45) is 5.41 Å². The van der Waals surface area contributed by atoms with E-state index in [2.05, 4.69) is 15.2 Å². The Bertz CT molecular complexity index is 1500. The van der Waals surface area contributed by atoms with Crippen molar-refractivity contribution in [3.63, 3.8) is 0 Å². The second-order valence-electron chi connectivity index (χ2n) is 9.93. The molecule has 9 heteroatoms. The minimum absolute atomic E-state index is 0.148. The third kappa shape index (κ3) is 4.76. The molecule has 188 valence electrons. The molecule has 6 rings (SSSR count). The number of carbonyl (C=O) groups is 1. The van der Waals surface area contributed by atoms with Crippen molar-refractivity contribution < 1.29 is 14.3 Å². The largest absolute Gasteiger partial charge is 0.393 e. The van der Waals surface area contributed by atoms with E-state index < -0.39 is 5.82 Å². The number of fused-ring (bicyclic) bond motifs is 1. The molecule has 1 saturated carbocycles. The number of aliphatic hydroxyl groups excluding tert-OH is 1. The Hall–Kier alpha value is -3.56. The van der Waals surface area contributed by atoms with Crippen LogP contribution in [0.3, 0.4) is 0 Å². The molecule has 1 amide bonds. The van der Waals surface area contributed by atoms with Gasteiger partial charge in [-0.15, -0.1) is 11.8 Å². The van der Waals surface area contributed by atoms with Gasteiger partial charge in [0.1, 0.15) is 11.6 Å². The molecule has 0 atom stereocenters. The number of benzene rings is 1. The van der Waals surface area contributed by atoms with Crippen LogP contribution in [0.25, 0.3) is 22.3 Å². The zero-order valence-corrected chi connectivity index (χ0v) is 21.1. The third-order valence-corrected chi connectivity index (χ3v) is 7.85. The highest BCUT2D eigenvalue weighted by Gasteiger charge is 2.52. The summed E-state index contributed by atoms with van der Waals surface area (Å²) in [6.07, 6.45) is 5.19. The molecule has 1 aromatic carbocycles. The van der Waals surface area contributed by atoms with Crippen LogP contribution in [0.4, 0.5) is 10.2 Å². The highest BCUT2D eigenvalue weighted by atomic mass is 32.2. The van der Waals surface area contributed by atoms with Gasteiger partial charge in [-0.1, -0.05) is 6.07 Å². The maximum Gasteiger partial charge on any atom is 0.251 e. The van der Waals surface area contributed by atoms with Gasteiger partial charge in [-0.25, -0.2) is 14.4 Å². The predicted molar refractivity (Wildman–Crippen MR) is 142 cm³/mol. The van der Waals surface area contributed by atoms with Crippen LogP contribution in [0.2, 0.25) is 0 Å². The van der Waals surface area contributed by atoms with Gasteiger partial charge in [-0.2, -0.15) is 0 Å². The summed E-state index contributed by atoms with van der Waals surface area (Å²) in [5.74, 6) is 0.126. The van der Waals surface area contributed by atoms with Crippen molar-refractivity contribution in [3.8, 4) is 11.4 Å². The fourth-order valence-corrected chi connectivity index (χ4v) is 5.72. The Kier molecular flexibility index (Phi) is 6.04. The monoisotopic (exact) mass is 515 g/mol. The summed E-state index contributed by atoms with van der Waals surface area (Å²) in [5.41, 5.74) is 3.50. The number of rotatable bonds is 6. The van der Waals surface area contributed by atoms with Crippen LogP contribution in [0.5, 0.6) is 0 Å². The van der Waals surface area contributed by atoms with Gasteiger partial charge in [-0.05, 0) is 67.6 Å². The molecular formula is C28H26FN5O2S. The van der Waals surface area contributed by atoms with E-state index in [0.717, 1.165) is 54.0 Å². The molecule has 1 spiro atoms. The molecule has 2 aliphatic rings. The van der Waals surface area contributed by atoms with Crippen LogP contribution in [0.15, 0.2) is 65.7 Å². The Morgan fingerprint density at radius 3 is 2.73 bits per heavy atom. The molecule has 1 saturated heterocycles. The highest BCUT2D eigenvalue weighted by Crippen LogP contribution is 2.49. The Morgan fingerprint density at radius 2 is 1.95 bits per heavy atom. The van der Waals surface area contributed by atoms with Crippen LogP contribution >= 0.6 is 11.8 Å². The van der Waals surface area contributed by atoms with Gasteiger partial charge in [0.2, 0.25) is 0 Å². The number of amides is 1. The maximum atomic E-state index is 13.8. The smallest absolute Gasteiger partial charge is 0.251 e. The summed E-state index contributed by atoms with van der Waals surface area (Å²) in [4.78, 5) is 29.6. The van der Waals surface area contributed by atoms with E-state index in [1.807, 2.05) is 42.7 Å². The van der Waals surface area contributed by atoms with Gasteiger partial charge >= 0.3 is 0 Å². The number of halogens is 1. The predicted octanol–water partition coefficient (Wildman–Crippen LogP) is 4.44. The number of hydrogen-bond acceptors (Lipinski definition) is 7. The number of nitrogens with zero attached hydrogens (tertiary/aromatic N) is 4. The van der Waals surface area contributed by atoms with E-state index in [1.165, 1.54) is 23.9 Å². The molecule has 1 aliphatic heterocycles. The van der Waals surface area contributed by atoms with Gasteiger partial charge in [-0.3, -0.25) is 9.78 Å². The molecule has 3 aromatic heterocycles. The fraction of sp³-hybridized carbons (Fsp3) is 0.286. The first-order chi connectivity index (χ1) is 17.9. The zero-order chi connectivity index (χ0) is 25.6. The summed E-state index contributed by atoms with van der Waals surface area (Å²) >= 11 is 1.38. The molecule has 0 unspecified atom stereocenters. The van der Waals surface area contributed by atoms with Crippen molar-refractivity contribution in [3.05, 3.63) is 77.9 Å². The van der Waals surface area contributed by atoms with Crippen LogP contribution in [0.1, 0.15) is 28.9 Å². The number of anilines is 1. The van der Waals surface area contributed by atoms with E-state index in [9.17, 15) is 14.3 Å². The topological polar surface area (TPSA) is 91.2 Å². The Balaban J connectivity index is 1.17. The van der Waals surface area contributed by atoms with E-state index >= 15 is 0 Å². The lowest BCUT2D eigenvalue weighted by molar-refractivity contribution is -0.0494. The Morgan fingerprint density at radius 1 is 1.14 bits per heavy atom. The summed E-state index contributed by atoms with van der Waals surface area (Å²) in [6, 6.07) is 16.0. The van der Waals surface area contributed by atoms with Gasteiger partial charge in [0.15, 0.2) is 0 Å². The quantitative estimate of drug-likeness (QED) is 0.367. The van der Waals surface area contributed by atoms with Crippen LogP contribution in [-0.4, -0.2) is 51.4 Å². The molecule has 4 heterocycles. The van der Waals surface area contributed by atoms with Gasteiger partial charge < -0.3 is 15.3 Å². The molecular weight excluding hydrogens is 489 g/mol. The SMILES string of the molecule is CSc1cc(F)cc(C(=O)NCc2cc3nc(-c4cccc(N5CC6(CC(O)C6)C5)n4)ccc3cn2)c1. The molecule has 0 bridgehead atoms. The molecule has 37 heavy (non-hydrogen) atoms. The van der Waals surface area contributed by atoms with Crippen LogP contribution in [-0.2, 0) is 6.54 Å². The first kappa shape index (κ1) is 23.8. The summed E-state index contributed by atoms with van der Waals surface area (Å²) in [6.45, 7) is 2.06. The van der Waals surface area contributed by atoms with Gasteiger partial charge in [0.05, 0.1) is 35.2 Å². The van der Waals surface area contributed by atoms with Crippen LogP contribution in [0, 0.1) is 11.2 Å². The summed E-state index contributed by atoms with van der Waals surface area (Å²) < 4.78 is 13.8. The van der Waals surface area contributed by atoms with E-state index in [1.54, 1.807) is 12.3 Å². The molecule has 0 radical (unpaired) electrons. The minimum atomic E-state index is -0.439. The van der Waals surface area contributed by atoms with Gasteiger partial charge in [0.25, 0.3) is 5.91 Å². The molecule has 4 aromatic rings. The number of thioether (sulfide) groups is 1. The maximum absolute atomic E-state index is 13.8. The standard InChI is InChI=1S/C28H26FN5O2S/c1-37-22-8-18(7-19(29)9-22)27(36)31-14-20-10-25-17(13-30-20)5-6-24(32-25)23-3-2-4-26(33-23)34-15-28(16-34)11-21(35)12-28/h2-10,13,21,35H,11-12,14-16H2,1H3,(H,31,36). The highest BCUT2D eigenvalue weighted by molar-refractivity contribution is 7.98. The van der Waals surface area contributed by atoms with Crippen molar-refractivity contribution in [1.82, 2.24) is 20.3 Å². The molecule has 1 aliphatic carbocycles. The third-order valence-electron chi connectivity index (χ3n) is 7.14. The Labute approximate surface area is 218 Å². The van der Waals surface area contributed by atoms with Crippen LogP contribution < -0.4 is 10.2 Å². The fourth-order valence-electron chi connectivity index (χ4n) is 5.25. The number of aromatic nitrogens is 3. The minimum Gasteiger partial charge on any atom is -0.393 e. The average molecular weight is 516 g/mol. The molecule has 2 fully saturated rings. The van der Waals surface area contributed by atoms with E-state index in [0.29, 0.717) is 10.6 Å². The van der Waals surface area contributed by atoms with Crippen molar-refractivity contribution in [2.45, 2.75) is 30.4 Å². The average Bonchev–Trinajstić information content (AvgIpc) is 2.87.